The Hall–Kier alpha value is -2.12. The van der Waals surface area contributed by atoms with Crippen molar-refractivity contribution in [2.45, 2.75) is 13.0 Å². The van der Waals surface area contributed by atoms with Gasteiger partial charge in [-0.2, -0.15) is 5.26 Å². The van der Waals surface area contributed by atoms with E-state index < -0.39 is 0 Å². The molecular weight excluding hydrogens is 248 g/mol. The summed E-state index contributed by atoms with van der Waals surface area (Å²) in [6.07, 6.45) is 3.04. The first kappa shape index (κ1) is 12.3. The molecule has 1 N–H and O–H groups in total. The number of hydrogen-bond donors (Lipinski definition) is 1. The highest BCUT2D eigenvalue weighted by Crippen LogP contribution is 2.21. The second kappa shape index (κ2) is 5.48. The number of rotatable bonds is 3. The highest BCUT2D eigenvalue weighted by Gasteiger charge is 2.10. The molecule has 0 spiro atoms. The molecule has 18 heavy (non-hydrogen) atoms. The van der Waals surface area contributed by atoms with Gasteiger partial charge in [-0.25, -0.2) is 9.97 Å². The minimum Gasteiger partial charge on any atom is -0.361 e. The molecule has 0 aliphatic rings. The summed E-state index contributed by atoms with van der Waals surface area (Å²) in [6.45, 7) is 1.97. The van der Waals surface area contributed by atoms with Crippen LogP contribution in [0, 0.1) is 11.3 Å². The first-order valence-electron chi connectivity index (χ1n) is 5.44. The van der Waals surface area contributed by atoms with Crippen molar-refractivity contribution in [1.82, 2.24) is 9.97 Å². The number of aromatic nitrogens is 2. The van der Waals surface area contributed by atoms with Crippen LogP contribution < -0.4 is 5.32 Å². The van der Waals surface area contributed by atoms with Crippen LogP contribution in [0.15, 0.2) is 36.7 Å². The van der Waals surface area contributed by atoms with E-state index in [2.05, 4.69) is 15.3 Å². The molecule has 2 rings (SSSR count). The third-order valence-corrected chi connectivity index (χ3v) is 2.74. The van der Waals surface area contributed by atoms with E-state index in [9.17, 15) is 0 Å². The van der Waals surface area contributed by atoms with Crippen molar-refractivity contribution in [3.63, 3.8) is 0 Å². The maximum atomic E-state index is 8.93. The summed E-state index contributed by atoms with van der Waals surface area (Å²) in [7, 11) is 0. The Morgan fingerprint density at radius 2 is 2.11 bits per heavy atom. The first-order chi connectivity index (χ1) is 8.70. The third kappa shape index (κ3) is 2.76. The Morgan fingerprint density at radius 3 is 2.83 bits per heavy atom. The molecule has 4 nitrogen and oxygen atoms in total. The Morgan fingerprint density at radius 1 is 1.33 bits per heavy atom. The van der Waals surface area contributed by atoms with Crippen LogP contribution in [0.2, 0.25) is 5.02 Å². The molecule has 2 aromatic rings. The van der Waals surface area contributed by atoms with Crippen LogP contribution >= 0.6 is 11.6 Å². The molecule has 1 unspecified atom stereocenters. The molecular formula is C13H11ClN4. The number of hydrogen-bond acceptors (Lipinski definition) is 4. The lowest BCUT2D eigenvalue weighted by atomic mass is 10.1. The minimum absolute atomic E-state index is 0.00694. The van der Waals surface area contributed by atoms with E-state index in [0.717, 1.165) is 5.56 Å². The predicted octanol–water partition coefficient (Wildman–Crippen LogP) is 3.17. The second-order valence-electron chi connectivity index (χ2n) is 3.79. The normalized spacial score (nSPS) is 11.6. The Bertz CT molecular complexity index is 592. The largest absolute Gasteiger partial charge is 0.361 e. The van der Waals surface area contributed by atoms with Crippen molar-refractivity contribution >= 4 is 17.4 Å². The zero-order valence-corrected chi connectivity index (χ0v) is 10.5. The molecule has 0 bridgehead atoms. The molecule has 1 aromatic heterocycles. The van der Waals surface area contributed by atoms with Crippen LogP contribution in [0.1, 0.15) is 24.2 Å². The molecule has 0 aliphatic carbocycles. The number of benzene rings is 1. The Balaban J connectivity index is 2.22. The number of anilines is 1. The molecule has 0 amide bonds. The molecule has 90 valence electrons. The van der Waals surface area contributed by atoms with Gasteiger partial charge >= 0.3 is 0 Å². The van der Waals surface area contributed by atoms with Gasteiger partial charge in [-0.15, -0.1) is 0 Å². The first-order valence-corrected chi connectivity index (χ1v) is 5.81. The smallest absolute Gasteiger partial charge is 0.182 e. The minimum atomic E-state index is -0.00694. The quantitative estimate of drug-likeness (QED) is 0.919. The lowest BCUT2D eigenvalue weighted by Crippen LogP contribution is -2.09. The van der Waals surface area contributed by atoms with Gasteiger partial charge in [0.2, 0.25) is 0 Å². The van der Waals surface area contributed by atoms with Gasteiger partial charge in [0.15, 0.2) is 11.5 Å². The fraction of sp³-hybridized carbons (Fsp3) is 0.154. The van der Waals surface area contributed by atoms with Crippen LogP contribution in [0.25, 0.3) is 0 Å². The van der Waals surface area contributed by atoms with Crippen LogP contribution in [0.4, 0.5) is 5.82 Å². The summed E-state index contributed by atoms with van der Waals surface area (Å²) in [5, 5.41) is 12.8. The molecule has 0 saturated heterocycles. The summed E-state index contributed by atoms with van der Waals surface area (Å²) >= 11 is 5.94. The van der Waals surface area contributed by atoms with Gasteiger partial charge in [-0.3, -0.25) is 0 Å². The summed E-state index contributed by atoms with van der Waals surface area (Å²) in [5.74, 6) is 0.479. The summed E-state index contributed by atoms with van der Waals surface area (Å²) in [4.78, 5) is 8.06. The van der Waals surface area contributed by atoms with Crippen molar-refractivity contribution in [2.75, 3.05) is 5.32 Å². The highest BCUT2D eigenvalue weighted by molar-refractivity contribution is 6.30. The summed E-state index contributed by atoms with van der Waals surface area (Å²) in [6, 6.07) is 9.54. The predicted molar refractivity (Wildman–Crippen MR) is 70.2 cm³/mol. The molecule has 5 heteroatoms. The van der Waals surface area contributed by atoms with Crippen molar-refractivity contribution in [3.8, 4) is 6.07 Å². The Kier molecular flexibility index (Phi) is 3.75. The summed E-state index contributed by atoms with van der Waals surface area (Å²) < 4.78 is 0. The van der Waals surface area contributed by atoms with Crippen molar-refractivity contribution in [1.29, 1.82) is 5.26 Å². The molecule has 0 aliphatic heterocycles. The highest BCUT2D eigenvalue weighted by atomic mass is 35.5. The van der Waals surface area contributed by atoms with E-state index >= 15 is 0 Å². The van der Waals surface area contributed by atoms with E-state index in [4.69, 9.17) is 16.9 Å². The maximum Gasteiger partial charge on any atom is 0.182 e. The number of nitrogens with zero attached hydrogens (tertiary/aromatic N) is 3. The standard InChI is InChI=1S/C13H11ClN4/c1-9(10-3-2-4-11(14)7-10)18-13-12(8-15)16-5-6-17-13/h2-7,9H,1H3,(H,17,18). The van der Waals surface area contributed by atoms with E-state index in [1.165, 1.54) is 6.20 Å². The van der Waals surface area contributed by atoms with Crippen LogP contribution in [-0.2, 0) is 0 Å². The SMILES string of the molecule is CC(Nc1nccnc1C#N)c1cccc(Cl)c1. The van der Waals surface area contributed by atoms with E-state index in [0.29, 0.717) is 10.8 Å². The van der Waals surface area contributed by atoms with Gasteiger partial charge in [0.25, 0.3) is 0 Å². The van der Waals surface area contributed by atoms with E-state index in [1.807, 2.05) is 37.3 Å². The van der Waals surface area contributed by atoms with Crippen molar-refractivity contribution < 1.29 is 0 Å². The van der Waals surface area contributed by atoms with Gasteiger partial charge in [0.05, 0.1) is 6.04 Å². The van der Waals surface area contributed by atoms with Crippen LogP contribution in [0.5, 0.6) is 0 Å². The van der Waals surface area contributed by atoms with Gasteiger partial charge in [0.1, 0.15) is 6.07 Å². The number of nitrogens with one attached hydrogen (secondary N) is 1. The van der Waals surface area contributed by atoms with Crippen LogP contribution in [0.3, 0.4) is 0 Å². The van der Waals surface area contributed by atoms with E-state index in [-0.39, 0.29) is 11.7 Å². The Labute approximate surface area is 110 Å². The molecule has 1 heterocycles. The fourth-order valence-corrected chi connectivity index (χ4v) is 1.79. The van der Waals surface area contributed by atoms with Crippen molar-refractivity contribution in [3.05, 3.63) is 52.9 Å². The van der Waals surface area contributed by atoms with Crippen molar-refractivity contribution in [2.24, 2.45) is 0 Å². The molecule has 0 fully saturated rings. The van der Waals surface area contributed by atoms with Crippen LogP contribution in [-0.4, -0.2) is 9.97 Å². The number of halogens is 1. The average Bonchev–Trinajstić information content (AvgIpc) is 2.39. The zero-order valence-electron chi connectivity index (χ0n) is 9.76. The maximum absolute atomic E-state index is 8.93. The lowest BCUT2D eigenvalue weighted by molar-refractivity contribution is 0.869. The van der Waals surface area contributed by atoms with Gasteiger partial charge < -0.3 is 5.32 Å². The second-order valence-corrected chi connectivity index (χ2v) is 4.22. The number of nitriles is 1. The molecule has 0 saturated carbocycles. The summed E-state index contributed by atoms with van der Waals surface area (Å²) in [5.41, 5.74) is 1.31. The molecule has 1 aromatic carbocycles. The lowest BCUT2D eigenvalue weighted by Gasteiger charge is -2.15. The topological polar surface area (TPSA) is 61.6 Å². The molecule has 1 atom stereocenters. The molecule has 0 radical (unpaired) electrons. The van der Waals surface area contributed by atoms with Gasteiger partial charge in [-0.05, 0) is 24.6 Å². The average molecular weight is 259 g/mol. The zero-order chi connectivity index (χ0) is 13.0. The van der Waals surface area contributed by atoms with E-state index in [1.54, 1.807) is 6.20 Å². The fourth-order valence-electron chi connectivity index (χ4n) is 1.59. The van der Waals surface area contributed by atoms with Gasteiger partial charge in [0, 0.05) is 17.4 Å². The third-order valence-electron chi connectivity index (χ3n) is 2.51. The monoisotopic (exact) mass is 258 g/mol. The van der Waals surface area contributed by atoms with Gasteiger partial charge in [-0.1, -0.05) is 23.7 Å².